The number of rotatable bonds is 3. The SMILES string of the molecule is COc1ccc(C(=O)NC(=S)Nc2cccc(C(F)(F)F)c2)cc1Br. The van der Waals surface area contributed by atoms with Crippen LogP contribution >= 0.6 is 28.1 Å². The van der Waals surface area contributed by atoms with Gasteiger partial charge in [0.15, 0.2) is 5.11 Å². The summed E-state index contributed by atoms with van der Waals surface area (Å²) in [4.78, 5) is 12.1. The fraction of sp³-hybridized carbons (Fsp3) is 0.125. The predicted molar refractivity (Wildman–Crippen MR) is 95.8 cm³/mol. The van der Waals surface area contributed by atoms with Gasteiger partial charge in [0.05, 0.1) is 17.1 Å². The van der Waals surface area contributed by atoms with Gasteiger partial charge in [-0.05, 0) is 64.5 Å². The number of anilines is 1. The van der Waals surface area contributed by atoms with Crippen LogP contribution in [0.5, 0.6) is 5.75 Å². The van der Waals surface area contributed by atoms with Crippen molar-refractivity contribution in [2.24, 2.45) is 0 Å². The highest BCUT2D eigenvalue weighted by atomic mass is 79.9. The standard InChI is InChI=1S/C16H12BrF3N2O2S/c1-24-13-6-5-9(7-12(13)17)14(23)22-15(25)21-11-4-2-3-10(8-11)16(18,19)20/h2-8H,1H3,(H2,21,22,23,25). The number of hydrogen-bond acceptors (Lipinski definition) is 3. The van der Waals surface area contributed by atoms with Crippen molar-refractivity contribution in [3.8, 4) is 5.75 Å². The molecule has 0 aromatic heterocycles. The summed E-state index contributed by atoms with van der Waals surface area (Å²) < 4.78 is 43.7. The lowest BCUT2D eigenvalue weighted by Crippen LogP contribution is -2.34. The molecule has 9 heteroatoms. The van der Waals surface area contributed by atoms with Crippen LogP contribution in [0.2, 0.25) is 0 Å². The summed E-state index contributed by atoms with van der Waals surface area (Å²) in [6.45, 7) is 0. The highest BCUT2D eigenvalue weighted by Crippen LogP contribution is 2.30. The number of halogens is 4. The zero-order valence-electron chi connectivity index (χ0n) is 12.8. The van der Waals surface area contributed by atoms with Crippen molar-refractivity contribution in [1.29, 1.82) is 0 Å². The number of amides is 1. The van der Waals surface area contributed by atoms with Crippen LogP contribution in [-0.2, 0) is 6.18 Å². The average molecular weight is 433 g/mol. The van der Waals surface area contributed by atoms with Gasteiger partial charge in [-0.2, -0.15) is 13.2 Å². The van der Waals surface area contributed by atoms with E-state index in [9.17, 15) is 18.0 Å². The molecule has 0 saturated heterocycles. The van der Waals surface area contributed by atoms with E-state index in [0.717, 1.165) is 12.1 Å². The largest absolute Gasteiger partial charge is 0.496 e. The molecule has 2 N–H and O–H groups in total. The van der Waals surface area contributed by atoms with E-state index in [0.29, 0.717) is 15.8 Å². The van der Waals surface area contributed by atoms with E-state index in [1.807, 2.05) is 0 Å². The molecule has 2 aromatic rings. The molecule has 2 rings (SSSR count). The molecule has 0 aliphatic carbocycles. The summed E-state index contributed by atoms with van der Waals surface area (Å²) in [7, 11) is 1.49. The van der Waals surface area contributed by atoms with Crippen molar-refractivity contribution >= 4 is 44.9 Å². The van der Waals surface area contributed by atoms with E-state index in [4.69, 9.17) is 17.0 Å². The molecule has 132 valence electrons. The van der Waals surface area contributed by atoms with Crippen LogP contribution < -0.4 is 15.4 Å². The number of carbonyl (C=O) groups excluding carboxylic acids is 1. The minimum absolute atomic E-state index is 0.115. The zero-order chi connectivity index (χ0) is 18.6. The van der Waals surface area contributed by atoms with Crippen molar-refractivity contribution < 1.29 is 22.7 Å². The van der Waals surface area contributed by atoms with Crippen LogP contribution in [0.15, 0.2) is 46.9 Å². The van der Waals surface area contributed by atoms with Gasteiger partial charge in [0.1, 0.15) is 5.75 Å². The maximum absolute atomic E-state index is 12.7. The lowest BCUT2D eigenvalue weighted by atomic mass is 10.2. The Balaban J connectivity index is 2.05. The van der Waals surface area contributed by atoms with Crippen LogP contribution in [0, 0.1) is 0 Å². The minimum Gasteiger partial charge on any atom is -0.496 e. The number of methoxy groups -OCH3 is 1. The smallest absolute Gasteiger partial charge is 0.416 e. The van der Waals surface area contributed by atoms with Crippen LogP contribution in [0.3, 0.4) is 0 Å². The van der Waals surface area contributed by atoms with Gasteiger partial charge in [0.2, 0.25) is 0 Å². The molecule has 4 nitrogen and oxygen atoms in total. The maximum atomic E-state index is 12.7. The molecular weight excluding hydrogens is 421 g/mol. The molecule has 0 unspecified atom stereocenters. The zero-order valence-corrected chi connectivity index (χ0v) is 15.2. The van der Waals surface area contributed by atoms with Crippen molar-refractivity contribution in [2.45, 2.75) is 6.18 Å². The fourth-order valence-corrected chi connectivity index (χ4v) is 2.67. The van der Waals surface area contributed by atoms with Crippen molar-refractivity contribution in [1.82, 2.24) is 5.32 Å². The molecule has 1 amide bonds. The van der Waals surface area contributed by atoms with Crippen LogP contribution in [0.25, 0.3) is 0 Å². The number of benzene rings is 2. The maximum Gasteiger partial charge on any atom is 0.416 e. The van der Waals surface area contributed by atoms with Crippen molar-refractivity contribution in [3.05, 3.63) is 58.1 Å². The second kappa shape index (κ2) is 7.83. The molecule has 0 fully saturated rings. The molecule has 0 bridgehead atoms. The third-order valence-corrected chi connectivity index (χ3v) is 3.91. The van der Waals surface area contributed by atoms with Gasteiger partial charge in [0, 0.05) is 11.3 Å². The number of hydrogen-bond donors (Lipinski definition) is 2. The molecular formula is C16H12BrF3N2O2S. The van der Waals surface area contributed by atoms with E-state index in [1.54, 1.807) is 12.1 Å². The lowest BCUT2D eigenvalue weighted by Gasteiger charge is -2.12. The Kier molecular flexibility index (Phi) is 6.02. The number of alkyl halides is 3. The Hall–Kier alpha value is -2.13. The third-order valence-electron chi connectivity index (χ3n) is 3.09. The monoisotopic (exact) mass is 432 g/mol. The van der Waals surface area contributed by atoms with Crippen molar-refractivity contribution in [3.63, 3.8) is 0 Å². The molecule has 0 spiro atoms. The fourth-order valence-electron chi connectivity index (χ4n) is 1.92. The van der Waals surface area contributed by atoms with Gasteiger partial charge in [-0.3, -0.25) is 10.1 Å². The lowest BCUT2D eigenvalue weighted by molar-refractivity contribution is -0.137. The first-order valence-electron chi connectivity index (χ1n) is 6.84. The summed E-state index contributed by atoms with van der Waals surface area (Å²) in [5, 5.41) is 4.85. The topological polar surface area (TPSA) is 50.4 Å². The molecule has 0 saturated carbocycles. The number of nitrogens with one attached hydrogen (secondary N) is 2. The molecule has 0 aliphatic heterocycles. The Labute approximate surface area is 155 Å². The second-order valence-electron chi connectivity index (χ2n) is 4.84. The summed E-state index contributed by atoms with van der Waals surface area (Å²) in [5.41, 5.74) is -0.386. The molecule has 0 aliphatic rings. The second-order valence-corrected chi connectivity index (χ2v) is 6.10. The van der Waals surface area contributed by atoms with E-state index in [1.165, 1.54) is 25.3 Å². The van der Waals surface area contributed by atoms with Crippen LogP contribution in [-0.4, -0.2) is 18.1 Å². The van der Waals surface area contributed by atoms with Gasteiger partial charge in [-0.15, -0.1) is 0 Å². The average Bonchev–Trinajstić information content (AvgIpc) is 2.54. The number of thiocarbonyl (C=S) groups is 1. The van der Waals surface area contributed by atoms with E-state index in [-0.39, 0.29) is 10.8 Å². The highest BCUT2D eigenvalue weighted by molar-refractivity contribution is 9.10. The van der Waals surface area contributed by atoms with Gasteiger partial charge in [-0.25, -0.2) is 0 Å². The van der Waals surface area contributed by atoms with Gasteiger partial charge < -0.3 is 10.1 Å². The van der Waals surface area contributed by atoms with E-state index >= 15 is 0 Å². The van der Waals surface area contributed by atoms with Gasteiger partial charge >= 0.3 is 6.18 Å². The van der Waals surface area contributed by atoms with Crippen LogP contribution in [0.4, 0.5) is 18.9 Å². The normalized spacial score (nSPS) is 10.9. The number of carbonyl (C=O) groups is 1. The first-order chi connectivity index (χ1) is 11.7. The summed E-state index contributed by atoms with van der Waals surface area (Å²) in [6.07, 6.45) is -4.46. The Bertz CT molecular complexity index is 812. The Morgan fingerprint density at radius 2 is 1.92 bits per heavy atom. The minimum atomic E-state index is -4.46. The molecule has 0 radical (unpaired) electrons. The predicted octanol–water partition coefficient (Wildman–Crippen LogP) is 4.60. The number of ether oxygens (including phenoxy) is 1. The first-order valence-corrected chi connectivity index (χ1v) is 8.04. The molecule has 0 atom stereocenters. The summed E-state index contributed by atoms with van der Waals surface area (Å²) in [6, 6.07) is 9.19. The van der Waals surface area contributed by atoms with E-state index < -0.39 is 17.6 Å². The van der Waals surface area contributed by atoms with Gasteiger partial charge in [-0.1, -0.05) is 6.07 Å². The van der Waals surface area contributed by atoms with Crippen molar-refractivity contribution in [2.75, 3.05) is 12.4 Å². The Morgan fingerprint density at radius 1 is 1.20 bits per heavy atom. The van der Waals surface area contributed by atoms with Crippen LogP contribution in [0.1, 0.15) is 15.9 Å². The molecule has 0 heterocycles. The Morgan fingerprint density at radius 3 is 2.52 bits per heavy atom. The van der Waals surface area contributed by atoms with Gasteiger partial charge in [0.25, 0.3) is 5.91 Å². The summed E-state index contributed by atoms with van der Waals surface area (Å²) >= 11 is 8.23. The molecule has 25 heavy (non-hydrogen) atoms. The molecule has 2 aromatic carbocycles. The first kappa shape index (κ1) is 19.2. The van der Waals surface area contributed by atoms with E-state index in [2.05, 4.69) is 26.6 Å². The highest BCUT2D eigenvalue weighted by Gasteiger charge is 2.30. The summed E-state index contributed by atoms with van der Waals surface area (Å²) in [5.74, 6) is 0.0500. The third kappa shape index (κ3) is 5.17. The quantitative estimate of drug-likeness (QED) is 0.695.